The SMILES string of the molecule is CNCc1cc2c(=O)n(COC(=O)C(C)(C)C)c(C)nc2cc1Br.O=C(O)c1ccccc1F. The summed E-state index contributed by atoms with van der Waals surface area (Å²) >= 11 is 3.50. The van der Waals surface area contributed by atoms with Crippen LogP contribution >= 0.6 is 15.9 Å². The lowest BCUT2D eigenvalue weighted by Gasteiger charge is -2.18. The number of nitrogens with one attached hydrogen (secondary N) is 1. The van der Waals surface area contributed by atoms with Gasteiger partial charge in [0.1, 0.15) is 11.6 Å². The molecule has 0 aliphatic carbocycles. The van der Waals surface area contributed by atoms with E-state index in [1.54, 1.807) is 27.7 Å². The summed E-state index contributed by atoms with van der Waals surface area (Å²) in [5.74, 6) is -1.80. The lowest BCUT2D eigenvalue weighted by Crippen LogP contribution is -2.30. The summed E-state index contributed by atoms with van der Waals surface area (Å²) < 4.78 is 20.0. The molecule has 0 amide bonds. The van der Waals surface area contributed by atoms with Gasteiger partial charge in [-0.2, -0.15) is 0 Å². The number of carboxylic acid groups (broad SMARTS) is 1. The molecule has 1 aromatic heterocycles. The van der Waals surface area contributed by atoms with E-state index in [9.17, 15) is 18.8 Å². The van der Waals surface area contributed by atoms with Crippen LogP contribution in [0, 0.1) is 18.2 Å². The molecular formula is C24H27BrFN3O5. The molecule has 0 saturated carbocycles. The predicted octanol–water partition coefficient (Wildman–Crippen LogP) is 4.26. The highest BCUT2D eigenvalue weighted by molar-refractivity contribution is 9.10. The summed E-state index contributed by atoms with van der Waals surface area (Å²) in [6, 6.07) is 8.91. The van der Waals surface area contributed by atoms with Crippen LogP contribution in [-0.4, -0.2) is 33.6 Å². The molecule has 0 aliphatic heterocycles. The lowest BCUT2D eigenvalue weighted by molar-refractivity contribution is -0.157. The van der Waals surface area contributed by atoms with E-state index in [0.717, 1.165) is 16.1 Å². The maximum absolute atomic E-state index is 12.8. The minimum absolute atomic E-state index is 0.138. The lowest BCUT2D eigenvalue weighted by atomic mass is 9.98. The summed E-state index contributed by atoms with van der Waals surface area (Å²) in [6.45, 7) is 7.52. The number of ether oxygens (including phenoxy) is 1. The Morgan fingerprint density at radius 2 is 1.88 bits per heavy atom. The number of hydrogen-bond acceptors (Lipinski definition) is 6. The van der Waals surface area contributed by atoms with Crippen LogP contribution in [0.5, 0.6) is 0 Å². The van der Waals surface area contributed by atoms with Gasteiger partial charge in [0.2, 0.25) is 0 Å². The molecular weight excluding hydrogens is 509 g/mol. The molecule has 182 valence electrons. The van der Waals surface area contributed by atoms with E-state index in [1.165, 1.54) is 22.8 Å². The van der Waals surface area contributed by atoms with Gasteiger partial charge in [0.25, 0.3) is 5.56 Å². The molecule has 0 spiro atoms. The molecule has 34 heavy (non-hydrogen) atoms. The molecule has 2 N–H and O–H groups in total. The molecule has 0 unspecified atom stereocenters. The van der Waals surface area contributed by atoms with Gasteiger partial charge in [0.05, 0.1) is 21.9 Å². The van der Waals surface area contributed by atoms with Crippen LogP contribution in [0.1, 0.15) is 42.5 Å². The summed E-state index contributed by atoms with van der Waals surface area (Å²) in [7, 11) is 1.84. The van der Waals surface area contributed by atoms with Crippen molar-refractivity contribution < 1.29 is 23.8 Å². The third-order valence-electron chi connectivity index (χ3n) is 4.72. The first-order valence-electron chi connectivity index (χ1n) is 10.4. The van der Waals surface area contributed by atoms with Gasteiger partial charge in [-0.3, -0.25) is 14.2 Å². The van der Waals surface area contributed by atoms with Crippen LogP contribution in [0.3, 0.4) is 0 Å². The van der Waals surface area contributed by atoms with Gasteiger partial charge < -0.3 is 15.2 Å². The molecule has 0 atom stereocenters. The number of carboxylic acids is 1. The third-order valence-corrected chi connectivity index (χ3v) is 5.46. The number of benzene rings is 2. The Kier molecular flexibility index (Phi) is 9.06. The van der Waals surface area contributed by atoms with E-state index >= 15 is 0 Å². The Morgan fingerprint density at radius 3 is 2.41 bits per heavy atom. The van der Waals surface area contributed by atoms with Crippen LogP contribution in [0.25, 0.3) is 10.9 Å². The zero-order valence-corrected chi connectivity index (χ0v) is 21.2. The molecule has 0 aliphatic rings. The van der Waals surface area contributed by atoms with Crippen LogP contribution < -0.4 is 10.9 Å². The second-order valence-corrected chi connectivity index (χ2v) is 9.33. The Hall–Kier alpha value is -3.11. The smallest absolute Gasteiger partial charge is 0.338 e. The quantitative estimate of drug-likeness (QED) is 0.469. The molecule has 1 heterocycles. The van der Waals surface area contributed by atoms with E-state index in [1.807, 2.05) is 19.2 Å². The highest BCUT2D eigenvalue weighted by atomic mass is 79.9. The topological polar surface area (TPSA) is 111 Å². The third kappa shape index (κ3) is 6.71. The monoisotopic (exact) mass is 535 g/mol. The zero-order chi connectivity index (χ0) is 25.6. The van der Waals surface area contributed by atoms with E-state index in [0.29, 0.717) is 23.3 Å². The van der Waals surface area contributed by atoms with Crippen molar-refractivity contribution in [2.45, 2.75) is 41.0 Å². The van der Waals surface area contributed by atoms with Gasteiger partial charge in [-0.05, 0) is 64.6 Å². The van der Waals surface area contributed by atoms with Crippen LogP contribution in [0.2, 0.25) is 0 Å². The van der Waals surface area contributed by atoms with E-state index < -0.39 is 17.2 Å². The molecule has 0 saturated heterocycles. The minimum atomic E-state index is -1.24. The molecule has 3 aromatic rings. The summed E-state index contributed by atoms with van der Waals surface area (Å²) in [5.41, 5.74) is 0.451. The molecule has 8 nitrogen and oxygen atoms in total. The van der Waals surface area contributed by atoms with Gasteiger partial charge >= 0.3 is 11.9 Å². The van der Waals surface area contributed by atoms with Crippen LogP contribution in [0.4, 0.5) is 4.39 Å². The number of carbonyl (C=O) groups excluding carboxylic acids is 1. The number of aromatic nitrogens is 2. The molecule has 0 radical (unpaired) electrons. The van der Waals surface area contributed by atoms with Gasteiger partial charge in [0, 0.05) is 11.0 Å². The number of hydrogen-bond donors (Lipinski definition) is 2. The second-order valence-electron chi connectivity index (χ2n) is 8.48. The molecule has 3 rings (SSSR count). The van der Waals surface area contributed by atoms with Crippen molar-refractivity contribution in [1.82, 2.24) is 14.9 Å². The highest BCUT2D eigenvalue weighted by Gasteiger charge is 2.23. The average molecular weight is 536 g/mol. The van der Waals surface area contributed by atoms with Crippen molar-refractivity contribution in [2.75, 3.05) is 7.05 Å². The number of aryl methyl sites for hydroxylation is 1. The minimum Gasteiger partial charge on any atom is -0.478 e. The number of esters is 1. The first kappa shape index (κ1) is 27.1. The summed E-state index contributed by atoms with van der Waals surface area (Å²) in [6.07, 6.45) is 0. The Balaban J connectivity index is 0.000000340. The fourth-order valence-electron chi connectivity index (χ4n) is 2.85. The fraction of sp³-hybridized carbons (Fsp3) is 0.333. The predicted molar refractivity (Wildman–Crippen MR) is 130 cm³/mol. The maximum Gasteiger partial charge on any atom is 0.338 e. The molecule has 2 aromatic carbocycles. The first-order chi connectivity index (χ1) is 15.9. The first-order valence-corrected chi connectivity index (χ1v) is 11.1. The summed E-state index contributed by atoms with van der Waals surface area (Å²) in [4.78, 5) is 39.4. The van der Waals surface area contributed by atoms with Crippen molar-refractivity contribution in [3.63, 3.8) is 0 Å². The number of rotatable bonds is 5. The van der Waals surface area contributed by atoms with Crippen LogP contribution in [0.15, 0.2) is 45.7 Å². The molecule has 10 heteroatoms. The normalized spacial score (nSPS) is 11.0. The zero-order valence-electron chi connectivity index (χ0n) is 19.6. The average Bonchev–Trinajstić information content (AvgIpc) is 2.74. The highest BCUT2D eigenvalue weighted by Crippen LogP contribution is 2.22. The van der Waals surface area contributed by atoms with Crippen LogP contribution in [-0.2, 0) is 22.8 Å². The van der Waals surface area contributed by atoms with Crippen molar-refractivity contribution in [2.24, 2.45) is 5.41 Å². The standard InChI is InChI=1S/C17H22BrN3O3.C7H5FO2/c1-10-20-14-7-13(18)11(8-19-5)6-12(14)15(22)21(10)9-24-16(23)17(2,3)4;8-6-4-2-1-3-5(6)7(9)10/h6-7,19H,8-9H2,1-5H3;1-4H,(H,9,10). The summed E-state index contributed by atoms with van der Waals surface area (Å²) in [5, 5.41) is 11.9. The van der Waals surface area contributed by atoms with Gasteiger partial charge in [-0.1, -0.05) is 28.1 Å². The molecule has 0 fully saturated rings. The van der Waals surface area contributed by atoms with Gasteiger partial charge in [-0.15, -0.1) is 0 Å². The number of halogens is 2. The number of fused-ring (bicyclic) bond motifs is 1. The second kappa shape index (κ2) is 11.3. The van der Waals surface area contributed by atoms with E-state index in [2.05, 4.69) is 26.2 Å². The van der Waals surface area contributed by atoms with E-state index in [-0.39, 0.29) is 23.8 Å². The molecule has 0 bridgehead atoms. The van der Waals surface area contributed by atoms with Crippen molar-refractivity contribution in [1.29, 1.82) is 0 Å². The number of nitrogens with zero attached hydrogens (tertiary/aromatic N) is 2. The fourth-order valence-corrected chi connectivity index (χ4v) is 3.32. The number of aromatic carboxylic acids is 1. The van der Waals surface area contributed by atoms with Gasteiger partial charge in [-0.25, -0.2) is 14.2 Å². The Morgan fingerprint density at radius 1 is 1.24 bits per heavy atom. The largest absolute Gasteiger partial charge is 0.478 e. The van der Waals surface area contributed by atoms with Gasteiger partial charge in [0.15, 0.2) is 6.73 Å². The number of carbonyl (C=O) groups is 2. The Labute approximate surface area is 204 Å². The Bertz CT molecular complexity index is 1270. The van der Waals surface area contributed by atoms with E-state index in [4.69, 9.17) is 9.84 Å². The maximum atomic E-state index is 12.8. The van der Waals surface area contributed by atoms with Crippen molar-refractivity contribution >= 4 is 38.8 Å². The van der Waals surface area contributed by atoms with Crippen molar-refractivity contribution in [3.8, 4) is 0 Å². The van der Waals surface area contributed by atoms with Crippen molar-refractivity contribution in [3.05, 3.63) is 74.0 Å².